The molecule has 2 N–H and O–H groups in total. The van der Waals surface area contributed by atoms with Crippen LogP contribution in [0.4, 0.5) is 5.69 Å². The summed E-state index contributed by atoms with van der Waals surface area (Å²) in [6.07, 6.45) is 1.08. The number of ether oxygens (including phenoxy) is 1. The second-order valence-electron chi connectivity index (χ2n) is 5.65. The molecule has 0 radical (unpaired) electrons. The molecule has 0 bridgehead atoms. The first kappa shape index (κ1) is 16.1. The fourth-order valence-electron chi connectivity index (χ4n) is 2.43. The topological polar surface area (TPSA) is 52.3 Å². The Balaban J connectivity index is 2.27. The van der Waals surface area contributed by atoms with Crippen molar-refractivity contribution >= 4 is 11.5 Å². The Bertz CT molecular complexity index is 664. The zero-order chi connectivity index (χ0) is 16.1. The lowest BCUT2D eigenvalue weighted by molar-refractivity contribution is 0.0776. The zero-order valence-electron chi connectivity index (χ0n) is 13.4. The van der Waals surface area contributed by atoms with Gasteiger partial charge in [0.05, 0.1) is 0 Å². The number of hydrogen-bond acceptors (Lipinski definition) is 3. The number of benzene rings is 2. The molecule has 2 aromatic carbocycles. The van der Waals surface area contributed by atoms with E-state index in [1.165, 1.54) is 0 Å². The number of carbonyl (C=O) groups excluding carboxylic acids is 1. The molecule has 116 valence electrons. The molecule has 0 aliphatic rings. The quantitative estimate of drug-likeness (QED) is 0.638. The van der Waals surface area contributed by atoms with E-state index in [0.717, 1.165) is 23.1 Å². The summed E-state index contributed by atoms with van der Waals surface area (Å²) in [6, 6.07) is 13.1. The van der Waals surface area contributed by atoms with Crippen LogP contribution in [-0.2, 0) is 0 Å². The molecule has 22 heavy (non-hydrogen) atoms. The van der Waals surface area contributed by atoms with Crippen LogP contribution < -0.4 is 10.5 Å². The normalized spacial score (nSPS) is 12.0. The van der Waals surface area contributed by atoms with E-state index in [4.69, 9.17) is 10.5 Å². The second-order valence-corrected chi connectivity index (χ2v) is 5.65. The van der Waals surface area contributed by atoms with Crippen molar-refractivity contribution in [3.63, 3.8) is 0 Å². The Hall–Kier alpha value is -2.29. The summed E-state index contributed by atoms with van der Waals surface area (Å²) < 4.78 is 5.92. The first-order valence-corrected chi connectivity index (χ1v) is 7.65. The third kappa shape index (κ3) is 3.88. The summed E-state index contributed by atoms with van der Waals surface area (Å²) in [5.74, 6) is 0.669. The highest BCUT2D eigenvalue weighted by molar-refractivity contribution is 6.01. The van der Waals surface area contributed by atoms with Gasteiger partial charge in [-0.2, -0.15) is 0 Å². The standard InChI is InChI=1S/C19H23NO2/c1-4-6-18(22-16-8-5-7-15(20)12-16)19(21)17-11-13(2)9-10-14(17)3/h5,7-12,18H,4,6,20H2,1-3H3. The first-order valence-electron chi connectivity index (χ1n) is 7.65. The largest absolute Gasteiger partial charge is 0.482 e. The molecular weight excluding hydrogens is 274 g/mol. The van der Waals surface area contributed by atoms with Crippen molar-refractivity contribution < 1.29 is 9.53 Å². The van der Waals surface area contributed by atoms with Gasteiger partial charge < -0.3 is 10.5 Å². The van der Waals surface area contributed by atoms with Crippen LogP contribution in [0.2, 0.25) is 0 Å². The number of hydrogen-bond donors (Lipinski definition) is 1. The summed E-state index contributed by atoms with van der Waals surface area (Å²) >= 11 is 0. The van der Waals surface area contributed by atoms with Crippen molar-refractivity contribution in [1.29, 1.82) is 0 Å². The van der Waals surface area contributed by atoms with Crippen LogP contribution in [0.25, 0.3) is 0 Å². The van der Waals surface area contributed by atoms with E-state index in [2.05, 4.69) is 0 Å². The molecular formula is C19H23NO2. The molecule has 2 aromatic rings. The van der Waals surface area contributed by atoms with Crippen LogP contribution in [0.15, 0.2) is 42.5 Å². The zero-order valence-corrected chi connectivity index (χ0v) is 13.4. The second kappa shape index (κ2) is 7.12. The van der Waals surface area contributed by atoms with Gasteiger partial charge in [-0.1, -0.05) is 37.1 Å². The van der Waals surface area contributed by atoms with Crippen molar-refractivity contribution in [3.8, 4) is 5.75 Å². The summed E-state index contributed by atoms with van der Waals surface area (Å²) in [4.78, 5) is 12.8. The Morgan fingerprint density at radius 1 is 1.18 bits per heavy atom. The predicted molar refractivity (Wildman–Crippen MR) is 90.4 cm³/mol. The summed E-state index contributed by atoms with van der Waals surface area (Å²) in [6.45, 7) is 5.99. The molecule has 3 nitrogen and oxygen atoms in total. The molecule has 0 spiro atoms. The van der Waals surface area contributed by atoms with Gasteiger partial charge >= 0.3 is 0 Å². The van der Waals surface area contributed by atoms with Crippen LogP contribution in [0, 0.1) is 13.8 Å². The summed E-state index contributed by atoms with van der Waals surface area (Å²) in [5.41, 5.74) is 9.20. The lowest BCUT2D eigenvalue weighted by Gasteiger charge is -2.19. The van der Waals surface area contributed by atoms with E-state index in [1.54, 1.807) is 12.1 Å². The molecule has 0 fully saturated rings. The molecule has 0 heterocycles. The Morgan fingerprint density at radius 2 is 1.95 bits per heavy atom. The third-order valence-electron chi connectivity index (χ3n) is 3.64. The number of ketones is 1. The number of nitrogen functional groups attached to an aromatic ring is 1. The molecule has 1 atom stereocenters. The number of rotatable bonds is 6. The molecule has 2 rings (SSSR count). The number of carbonyl (C=O) groups is 1. The lowest BCUT2D eigenvalue weighted by atomic mass is 9.97. The van der Waals surface area contributed by atoms with Gasteiger partial charge in [0, 0.05) is 17.3 Å². The lowest BCUT2D eigenvalue weighted by Crippen LogP contribution is -2.28. The molecule has 0 saturated heterocycles. The van der Waals surface area contributed by atoms with E-state index in [-0.39, 0.29) is 5.78 Å². The van der Waals surface area contributed by atoms with Gasteiger partial charge in [-0.25, -0.2) is 0 Å². The minimum atomic E-state index is -0.479. The van der Waals surface area contributed by atoms with Crippen LogP contribution in [0.5, 0.6) is 5.75 Å². The Morgan fingerprint density at radius 3 is 2.64 bits per heavy atom. The van der Waals surface area contributed by atoms with E-state index in [1.807, 2.05) is 51.1 Å². The average Bonchev–Trinajstić information content (AvgIpc) is 2.49. The number of anilines is 1. The van der Waals surface area contributed by atoms with Crippen molar-refractivity contribution in [3.05, 3.63) is 59.2 Å². The van der Waals surface area contributed by atoms with Gasteiger partial charge in [0.15, 0.2) is 6.10 Å². The fourth-order valence-corrected chi connectivity index (χ4v) is 2.43. The van der Waals surface area contributed by atoms with Crippen LogP contribution in [0.1, 0.15) is 41.3 Å². The van der Waals surface area contributed by atoms with Crippen molar-refractivity contribution in [2.45, 2.75) is 39.7 Å². The molecule has 0 aromatic heterocycles. The number of aryl methyl sites for hydroxylation is 2. The van der Waals surface area contributed by atoms with Gasteiger partial charge in [0.2, 0.25) is 5.78 Å². The van der Waals surface area contributed by atoms with Crippen LogP contribution in [0.3, 0.4) is 0 Å². The maximum atomic E-state index is 12.8. The molecule has 1 unspecified atom stereocenters. The summed E-state index contributed by atoms with van der Waals surface area (Å²) in [7, 11) is 0. The van der Waals surface area contributed by atoms with E-state index >= 15 is 0 Å². The monoisotopic (exact) mass is 297 g/mol. The minimum Gasteiger partial charge on any atom is -0.482 e. The number of Topliss-reactive ketones (excluding diaryl/α,β-unsaturated/α-hetero) is 1. The van der Waals surface area contributed by atoms with Gasteiger partial charge in [-0.15, -0.1) is 0 Å². The van der Waals surface area contributed by atoms with Crippen LogP contribution in [-0.4, -0.2) is 11.9 Å². The fraction of sp³-hybridized carbons (Fsp3) is 0.316. The van der Waals surface area contributed by atoms with E-state index < -0.39 is 6.10 Å². The van der Waals surface area contributed by atoms with E-state index in [0.29, 0.717) is 17.9 Å². The minimum absolute atomic E-state index is 0.0328. The molecule has 0 amide bonds. The van der Waals surface area contributed by atoms with Gasteiger partial charge in [-0.05, 0) is 44.0 Å². The highest BCUT2D eigenvalue weighted by Crippen LogP contribution is 2.21. The maximum Gasteiger partial charge on any atom is 0.203 e. The molecule has 3 heteroatoms. The number of nitrogens with two attached hydrogens (primary N) is 1. The summed E-state index contributed by atoms with van der Waals surface area (Å²) in [5, 5.41) is 0. The third-order valence-corrected chi connectivity index (χ3v) is 3.64. The smallest absolute Gasteiger partial charge is 0.203 e. The van der Waals surface area contributed by atoms with Crippen molar-refractivity contribution in [2.75, 3.05) is 5.73 Å². The Kier molecular flexibility index (Phi) is 5.21. The van der Waals surface area contributed by atoms with Crippen LogP contribution >= 0.6 is 0 Å². The van der Waals surface area contributed by atoms with Crippen molar-refractivity contribution in [1.82, 2.24) is 0 Å². The highest BCUT2D eigenvalue weighted by atomic mass is 16.5. The van der Waals surface area contributed by atoms with E-state index in [9.17, 15) is 4.79 Å². The van der Waals surface area contributed by atoms with Gasteiger partial charge in [0.1, 0.15) is 5.75 Å². The van der Waals surface area contributed by atoms with Gasteiger partial charge in [0.25, 0.3) is 0 Å². The highest BCUT2D eigenvalue weighted by Gasteiger charge is 2.22. The van der Waals surface area contributed by atoms with Gasteiger partial charge in [-0.3, -0.25) is 4.79 Å². The first-order chi connectivity index (χ1) is 10.5. The van der Waals surface area contributed by atoms with Crippen molar-refractivity contribution in [2.24, 2.45) is 0 Å². The predicted octanol–water partition coefficient (Wildman–Crippen LogP) is 4.32. The molecule has 0 aliphatic heterocycles. The molecule has 0 saturated carbocycles. The maximum absolute atomic E-state index is 12.8. The average molecular weight is 297 g/mol. The molecule has 0 aliphatic carbocycles. The SMILES string of the molecule is CCCC(Oc1cccc(N)c1)C(=O)c1cc(C)ccc1C. The Labute approximate surface area is 132 Å².